The molecule has 0 bridgehead atoms. The third kappa shape index (κ3) is 1.54. The monoisotopic (exact) mass is 197 g/mol. The Kier molecular flexibility index (Phi) is 1.85. The molecule has 0 fully saturated rings. The minimum atomic E-state index is 0.793. The van der Waals surface area contributed by atoms with Crippen molar-refractivity contribution < 1.29 is 4.42 Å². The zero-order valence-electron chi connectivity index (χ0n) is 8.26. The summed E-state index contributed by atoms with van der Waals surface area (Å²) in [5, 5.41) is 1.17. The van der Waals surface area contributed by atoms with Gasteiger partial charge in [-0.3, -0.25) is 0 Å². The summed E-state index contributed by atoms with van der Waals surface area (Å²) in [6, 6.07) is 14.2. The van der Waals surface area contributed by atoms with Gasteiger partial charge in [-0.2, -0.15) is 0 Å². The Morgan fingerprint density at radius 3 is 2.60 bits per heavy atom. The van der Waals surface area contributed by atoms with E-state index < -0.39 is 0 Å². The van der Waals surface area contributed by atoms with Crippen molar-refractivity contribution in [3.63, 3.8) is 0 Å². The number of para-hydroxylation sites is 1. The minimum absolute atomic E-state index is 0.793. The predicted octanol–water partition coefficient (Wildman–Crippen LogP) is 3.28. The number of benzene rings is 1. The van der Waals surface area contributed by atoms with Crippen molar-refractivity contribution in [1.29, 1.82) is 0 Å². The fourth-order valence-electron chi connectivity index (χ4n) is 1.77. The Bertz CT molecular complexity index is 530. The van der Waals surface area contributed by atoms with E-state index in [1.54, 1.807) is 0 Å². The van der Waals surface area contributed by atoms with Crippen LogP contribution in [0.5, 0.6) is 0 Å². The molecule has 2 nitrogen and oxygen atoms in total. The van der Waals surface area contributed by atoms with Crippen LogP contribution in [0.25, 0.3) is 11.0 Å². The first-order valence-electron chi connectivity index (χ1n) is 5.00. The van der Waals surface area contributed by atoms with Crippen molar-refractivity contribution in [2.75, 3.05) is 0 Å². The van der Waals surface area contributed by atoms with E-state index in [2.05, 4.69) is 16.7 Å². The van der Waals surface area contributed by atoms with Crippen LogP contribution in [0, 0.1) is 0 Å². The average Bonchev–Trinajstić information content (AvgIpc) is 2.86. The topological polar surface area (TPSA) is 18.1 Å². The largest absolute Gasteiger partial charge is 0.459 e. The number of nitrogens with zero attached hydrogens (tertiary/aromatic N) is 1. The van der Waals surface area contributed by atoms with Gasteiger partial charge in [-0.1, -0.05) is 18.2 Å². The van der Waals surface area contributed by atoms with E-state index in [0.29, 0.717) is 0 Å². The second-order valence-electron chi connectivity index (χ2n) is 3.61. The van der Waals surface area contributed by atoms with Crippen molar-refractivity contribution in [2.24, 2.45) is 0 Å². The normalized spacial score (nSPS) is 10.9. The summed E-state index contributed by atoms with van der Waals surface area (Å²) < 4.78 is 7.82. The fraction of sp³-hybridized carbons (Fsp3) is 0.0769. The van der Waals surface area contributed by atoms with Gasteiger partial charge < -0.3 is 8.98 Å². The highest BCUT2D eigenvalue weighted by Gasteiger charge is 2.02. The highest BCUT2D eigenvalue weighted by atomic mass is 16.3. The van der Waals surface area contributed by atoms with E-state index in [9.17, 15) is 0 Å². The van der Waals surface area contributed by atoms with E-state index in [-0.39, 0.29) is 0 Å². The highest BCUT2D eigenvalue weighted by Crippen LogP contribution is 2.19. The standard InChI is InChI=1S/C13H11NO/c1-2-6-13-11(5-1)9-12(15-13)10-14-7-3-4-8-14/h1-9H,10H2. The van der Waals surface area contributed by atoms with Gasteiger partial charge in [0.2, 0.25) is 0 Å². The third-order valence-corrected chi connectivity index (χ3v) is 2.48. The number of aromatic nitrogens is 1. The molecule has 15 heavy (non-hydrogen) atoms. The van der Waals surface area contributed by atoms with Gasteiger partial charge in [0.15, 0.2) is 0 Å². The van der Waals surface area contributed by atoms with Crippen LogP contribution >= 0.6 is 0 Å². The number of furan rings is 1. The van der Waals surface area contributed by atoms with Crippen LogP contribution in [0.3, 0.4) is 0 Å². The maximum atomic E-state index is 5.72. The van der Waals surface area contributed by atoms with Gasteiger partial charge in [0.25, 0.3) is 0 Å². The number of rotatable bonds is 2. The lowest BCUT2D eigenvalue weighted by Crippen LogP contribution is -1.93. The van der Waals surface area contributed by atoms with Crippen molar-refractivity contribution >= 4 is 11.0 Å². The van der Waals surface area contributed by atoms with Crippen molar-refractivity contribution in [1.82, 2.24) is 4.57 Å². The van der Waals surface area contributed by atoms with Crippen LogP contribution in [0.1, 0.15) is 5.76 Å². The summed E-state index contributed by atoms with van der Waals surface area (Å²) in [5.74, 6) is 0.993. The molecule has 0 unspecified atom stereocenters. The van der Waals surface area contributed by atoms with Crippen molar-refractivity contribution in [3.8, 4) is 0 Å². The molecule has 0 spiro atoms. The van der Waals surface area contributed by atoms with Gasteiger partial charge in [0.05, 0.1) is 6.54 Å². The Morgan fingerprint density at radius 2 is 1.80 bits per heavy atom. The first-order chi connectivity index (χ1) is 7.42. The van der Waals surface area contributed by atoms with Crippen LogP contribution in [-0.4, -0.2) is 4.57 Å². The fourth-order valence-corrected chi connectivity index (χ4v) is 1.77. The molecule has 0 radical (unpaired) electrons. The van der Waals surface area contributed by atoms with E-state index in [4.69, 9.17) is 4.42 Å². The minimum Gasteiger partial charge on any atom is -0.459 e. The molecule has 3 rings (SSSR count). The quantitative estimate of drug-likeness (QED) is 0.616. The zero-order chi connectivity index (χ0) is 10.1. The summed E-state index contributed by atoms with van der Waals surface area (Å²) in [4.78, 5) is 0. The second kappa shape index (κ2) is 3.31. The highest BCUT2D eigenvalue weighted by molar-refractivity contribution is 5.77. The van der Waals surface area contributed by atoms with Crippen molar-refractivity contribution in [3.05, 3.63) is 60.6 Å². The third-order valence-electron chi connectivity index (χ3n) is 2.48. The first-order valence-corrected chi connectivity index (χ1v) is 5.00. The summed E-state index contributed by atoms with van der Waals surface area (Å²) in [6.45, 7) is 0.793. The molecule has 0 aliphatic rings. The summed E-state index contributed by atoms with van der Waals surface area (Å²) in [6.07, 6.45) is 4.07. The zero-order valence-corrected chi connectivity index (χ0v) is 8.26. The Labute approximate surface area is 87.7 Å². The number of hydrogen-bond acceptors (Lipinski definition) is 1. The van der Waals surface area contributed by atoms with E-state index >= 15 is 0 Å². The van der Waals surface area contributed by atoms with Crippen molar-refractivity contribution in [2.45, 2.75) is 6.54 Å². The predicted molar refractivity (Wildman–Crippen MR) is 59.7 cm³/mol. The number of hydrogen-bond donors (Lipinski definition) is 0. The lowest BCUT2D eigenvalue weighted by molar-refractivity contribution is 0.529. The molecule has 0 N–H and O–H groups in total. The summed E-state index contributed by atoms with van der Waals surface area (Å²) in [5.41, 5.74) is 0.958. The van der Waals surface area contributed by atoms with Gasteiger partial charge in [0, 0.05) is 17.8 Å². The molecule has 0 saturated carbocycles. The molecular weight excluding hydrogens is 186 g/mol. The lowest BCUT2D eigenvalue weighted by atomic mass is 10.2. The van der Waals surface area contributed by atoms with Crippen LogP contribution < -0.4 is 0 Å². The summed E-state index contributed by atoms with van der Waals surface area (Å²) in [7, 11) is 0. The Balaban J connectivity index is 1.98. The van der Waals surface area contributed by atoms with Gasteiger partial charge in [-0.25, -0.2) is 0 Å². The molecule has 0 atom stereocenters. The van der Waals surface area contributed by atoms with E-state index in [1.807, 2.05) is 42.7 Å². The average molecular weight is 197 g/mol. The van der Waals surface area contributed by atoms with Crippen LogP contribution in [-0.2, 0) is 6.54 Å². The molecule has 2 aromatic heterocycles. The van der Waals surface area contributed by atoms with Crippen LogP contribution in [0.4, 0.5) is 0 Å². The molecule has 3 aromatic rings. The Hall–Kier alpha value is -1.96. The maximum absolute atomic E-state index is 5.72. The molecular formula is C13H11NO. The molecule has 0 aliphatic heterocycles. The molecule has 74 valence electrons. The SMILES string of the molecule is c1ccc2oc(Cn3cccc3)cc2c1. The second-order valence-corrected chi connectivity index (χ2v) is 3.61. The number of fused-ring (bicyclic) bond motifs is 1. The first kappa shape index (κ1) is 8.36. The maximum Gasteiger partial charge on any atom is 0.134 e. The van der Waals surface area contributed by atoms with Crippen LogP contribution in [0.15, 0.2) is 59.3 Å². The smallest absolute Gasteiger partial charge is 0.134 e. The Morgan fingerprint density at radius 1 is 1.00 bits per heavy atom. The molecule has 0 amide bonds. The molecule has 2 heterocycles. The summed E-state index contributed by atoms with van der Waals surface area (Å²) >= 11 is 0. The van der Waals surface area contributed by atoms with E-state index in [1.165, 1.54) is 5.39 Å². The van der Waals surface area contributed by atoms with Gasteiger partial charge in [-0.05, 0) is 24.3 Å². The molecule has 2 heteroatoms. The van der Waals surface area contributed by atoms with Crippen LogP contribution in [0.2, 0.25) is 0 Å². The van der Waals surface area contributed by atoms with E-state index in [0.717, 1.165) is 17.9 Å². The molecule has 0 saturated heterocycles. The van der Waals surface area contributed by atoms with Gasteiger partial charge in [-0.15, -0.1) is 0 Å². The molecule has 0 aliphatic carbocycles. The van der Waals surface area contributed by atoms with Gasteiger partial charge >= 0.3 is 0 Å². The van der Waals surface area contributed by atoms with Gasteiger partial charge in [0.1, 0.15) is 11.3 Å². The lowest BCUT2D eigenvalue weighted by Gasteiger charge is -1.97. The molecule has 1 aromatic carbocycles.